The molecule has 2 saturated heterocycles. The lowest BCUT2D eigenvalue weighted by Gasteiger charge is -2.25. The van der Waals surface area contributed by atoms with E-state index in [1.165, 1.54) is 12.8 Å². The van der Waals surface area contributed by atoms with Crippen molar-refractivity contribution in [3.05, 3.63) is 0 Å². The van der Waals surface area contributed by atoms with Gasteiger partial charge in [0.25, 0.3) is 0 Å². The molecule has 0 amide bonds. The zero-order chi connectivity index (χ0) is 9.10. The van der Waals surface area contributed by atoms with Crippen LogP contribution in [-0.2, 0) is 9.63 Å². The normalized spacial score (nSPS) is 30.5. The van der Waals surface area contributed by atoms with E-state index in [0.717, 1.165) is 26.2 Å². The second-order valence-electron chi connectivity index (χ2n) is 3.81. The largest absolute Gasteiger partial charge is 0.368 e. The first-order chi connectivity index (χ1) is 6.34. The SMILES string of the molecule is O=C1CCN(CC2CCCNC2)O1. The van der Waals surface area contributed by atoms with Crippen molar-refractivity contribution in [1.82, 2.24) is 10.4 Å². The summed E-state index contributed by atoms with van der Waals surface area (Å²) >= 11 is 0. The minimum atomic E-state index is -0.0798. The lowest BCUT2D eigenvalue weighted by Crippen LogP contribution is -2.36. The Bertz CT molecular complexity index is 190. The van der Waals surface area contributed by atoms with Gasteiger partial charge >= 0.3 is 5.97 Å². The molecule has 0 radical (unpaired) electrons. The Morgan fingerprint density at radius 1 is 1.62 bits per heavy atom. The van der Waals surface area contributed by atoms with Crippen LogP contribution in [0, 0.1) is 5.92 Å². The molecule has 0 aliphatic carbocycles. The summed E-state index contributed by atoms with van der Waals surface area (Å²) in [5.41, 5.74) is 0. The maximum Gasteiger partial charge on any atom is 0.326 e. The topological polar surface area (TPSA) is 41.6 Å². The van der Waals surface area contributed by atoms with Crippen molar-refractivity contribution in [3.63, 3.8) is 0 Å². The van der Waals surface area contributed by atoms with Crippen molar-refractivity contribution < 1.29 is 9.63 Å². The number of nitrogens with zero attached hydrogens (tertiary/aromatic N) is 1. The summed E-state index contributed by atoms with van der Waals surface area (Å²) in [7, 11) is 0. The van der Waals surface area contributed by atoms with E-state index >= 15 is 0 Å². The fourth-order valence-corrected chi connectivity index (χ4v) is 1.95. The van der Waals surface area contributed by atoms with Gasteiger partial charge in [-0.1, -0.05) is 0 Å². The van der Waals surface area contributed by atoms with E-state index in [-0.39, 0.29) is 5.97 Å². The van der Waals surface area contributed by atoms with Crippen molar-refractivity contribution in [3.8, 4) is 0 Å². The number of rotatable bonds is 2. The molecule has 2 fully saturated rings. The summed E-state index contributed by atoms with van der Waals surface area (Å²) in [5.74, 6) is 0.573. The van der Waals surface area contributed by atoms with Crippen LogP contribution in [0.15, 0.2) is 0 Å². The van der Waals surface area contributed by atoms with E-state index in [0.29, 0.717) is 12.3 Å². The van der Waals surface area contributed by atoms with Gasteiger partial charge in [0.1, 0.15) is 0 Å². The Hall–Kier alpha value is -0.610. The zero-order valence-corrected chi connectivity index (χ0v) is 7.79. The van der Waals surface area contributed by atoms with Crippen LogP contribution in [0.25, 0.3) is 0 Å². The summed E-state index contributed by atoms with van der Waals surface area (Å²) in [5, 5.41) is 5.16. The van der Waals surface area contributed by atoms with Gasteiger partial charge in [-0.2, -0.15) is 0 Å². The van der Waals surface area contributed by atoms with Gasteiger partial charge in [0.2, 0.25) is 0 Å². The maximum atomic E-state index is 10.8. The summed E-state index contributed by atoms with van der Waals surface area (Å²) in [4.78, 5) is 15.8. The fourth-order valence-electron chi connectivity index (χ4n) is 1.95. The summed E-state index contributed by atoms with van der Waals surface area (Å²) < 4.78 is 0. The molecule has 2 heterocycles. The molecule has 0 aromatic rings. The highest BCUT2D eigenvalue weighted by atomic mass is 16.7. The lowest BCUT2D eigenvalue weighted by atomic mass is 10.00. The monoisotopic (exact) mass is 184 g/mol. The van der Waals surface area contributed by atoms with Gasteiger partial charge in [-0.15, -0.1) is 5.06 Å². The first-order valence-electron chi connectivity index (χ1n) is 5.01. The predicted molar refractivity (Wildman–Crippen MR) is 47.9 cm³/mol. The summed E-state index contributed by atoms with van der Waals surface area (Å²) in [6.07, 6.45) is 3.05. The lowest BCUT2D eigenvalue weighted by molar-refractivity contribution is -0.172. The first kappa shape index (κ1) is 8.97. The molecule has 1 unspecified atom stereocenters. The highest BCUT2D eigenvalue weighted by molar-refractivity contribution is 5.70. The highest BCUT2D eigenvalue weighted by Gasteiger charge is 2.24. The second kappa shape index (κ2) is 4.07. The molecule has 2 aliphatic rings. The molecule has 2 rings (SSSR count). The number of nitrogens with one attached hydrogen (secondary N) is 1. The third-order valence-corrected chi connectivity index (χ3v) is 2.66. The number of piperidine rings is 1. The molecule has 4 heteroatoms. The number of carbonyl (C=O) groups is 1. The van der Waals surface area contributed by atoms with Crippen molar-refractivity contribution >= 4 is 5.97 Å². The molecule has 0 bridgehead atoms. The van der Waals surface area contributed by atoms with Gasteiger partial charge in [-0.3, -0.25) is 4.79 Å². The van der Waals surface area contributed by atoms with Gasteiger partial charge < -0.3 is 10.2 Å². The van der Waals surface area contributed by atoms with Gasteiger partial charge in [0, 0.05) is 13.1 Å². The summed E-state index contributed by atoms with van der Waals surface area (Å²) in [6, 6.07) is 0. The van der Waals surface area contributed by atoms with E-state index in [9.17, 15) is 4.79 Å². The molecule has 2 aliphatic heterocycles. The number of carbonyl (C=O) groups excluding carboxylic acids is 1. The molecule has 0 saturated carbocycles. The molecule has 1 atom stereocenters. The van der Waals surface area contributed by atoms with E-state index in [1.807, 2.05) is 0 Å². The minimum absolute atomic E-state index is 0.0798. The number of hydrogen-bond acceptors (Lipinski definition) is 4. The molecule has 0 aromatic heterocycles. The van der Waals surface area contributed by atoms with Gasteiger partial charge in [0.15, 0.2) is 0 Å². The number of hydrogen-bond donors (Lipinski definition) is 1. The Kier molecular flexibility index (Phi) is 2.80. The van der Waals surface area contributed by atoms with Crippen LogP contribution in [-0.4, -0.2) is 37.2 Å². The quantitative estimate of drug-likeness (QED) is 0.663. The van der Waals surface area contributed by atoms with Gasteiger partial charge in [-0.05, 0) is 31.8 Å². The van der Waals surface area contributed by atoms with Crippen LogP contribution >= 0.6 is 0 Å². The molecular weight excluding hydrogens is 168 g/mol. The molecule has 1 N–H and O–H groups in total. The Morgan fingerprint density at radius 2 is 2.54 bits per heavy atom. The molecule has 0 aromatic carbocycles. The summed E-state index contributed by atoms with van der Waals surface area (Å²) in [6.45, 7) is 3.87. The average molecular weight is 184 g/mol. The smallest absolute Gasteiger partial charge is 0.326 e. The molecule has 13 heavy (non-hydrogen) atoms. The van der Waals surface area contributed by atoms with Crippen LogP contribution < -0.4 is 5.32 Å². The third kappa shape index (κ3) is 2.42. The molecular formula is C9H16N2O2. The van der Waals surface area contributed by atoms with Crippen molar-refractivity contribution in [1.29, 1.82) is 0 Å². The van der Waals surface area contributed by atoms with Crippen LogP contribution in [0.2, 0.25) is 0 Å². The standard InChI is InChI=1S/C9H16N2O2/c12-9-3-5-11(13-9)7-8-2-1-4-10-6-8/h8,10H,1-7H2. The minimum Gasteiger partial charge on any atom is -0.368 e. The van der Waals surface area contributed by atoms with Gasteiger partial charge in [0.05, 0.1) is 6.42 Å². The van der Waals surface area contributed by atoms with Crippen molar-refractivity contribution in [2.45, 2.75) is 19.3 Å². The maximum absolute atomic E-state index is 10.8. The van der Waals surface area contributed by atoms with E-state index in [2.05, 4.69) is 5.32 Å². The van der Waals surface area contributed by atoms with Crippen molar-refractivity contribution in [2.24, 2.45) is 5.92 Å². The van der Waals surface area contributed by atoms with Crippen LogP contribution in [0.3, 0.4) is 0 Å². The van der Waals surface area contributed by atoms with Gasteiger partial charge in [-0.25, -0.2) is 0 Å². The van der Waals surface area contributed by atoms with Crippen LogP contribution in [0.4, 0.5) is 0 Å². The first-order valence-corrected chi connectivity index (χ1v) is 5.01. The number of hydroxylamine groups is 2. The van der Waals surface area contributed by atoms with E-state index < -0.39 is 0 Å². The fraction of sp³-hybridized carbons (Fsp3) is 0.889. The van der Waals surface area contributed by atoms with Crippen molar-refractivity contribution in [2.75, 3.05) is 26.2 Å². The van der Waals surface area contributed by atoms with Crippen LogP contribution in [0.5, 0.6) is 0 Å². The Labute approximate surface area is 78.2 Å². The Balaban J connectivity index is 1.73. The average Bonchev–Trinajstić information content (AvgIpc) is 2.53. The molecule has 0 spiro atoms. The Morgan fingerprint density at radius 3 is 3.15 bits per heavy atom. The molecule has 4 nitrogen and oxygen atoms in total. The zero-order valence-electron chi connectivity index (χ0n) is 7.79. The predicted octanol–water partition coefficient (Wildman–Crippen LogP) is 0.150. The third-order valence-electron chi connectivity index (χ3n) is 2.66. The highest BCUT2D eigenvalue weighted by Crippen LogP contribution is 2.15. The molecule has 74 valence electrons. The second-order valence-corrected chi connectivity index (χ2v) is 3.81. The van der Waals surface area contributed by atoms with Crippen LogP contribution in [0.1, 0.15) is 19.3 Å². The van der Waals surface area contributed by atoms with E-state index in [1.54, 1.807) is 5.06 Å². The van der Waals surface area contributed by atoms with E-state index in [4.69, 9.17) is 4.84 Å².